The average Bonchev–Trinajstić information content (AvgIpc) is 2.64. The third-order valence-corrected chi connectivity index (χ3v) is 5.49. The van der Waals surface area contributed by atoms with E-state index in [1.165, 1.54) is 18.6 Å². The van der Waals surface area contributed by atoms with Crippen molar-refractivity contribution in [2.24, 2.45) is 0 Å². The van der Waals surface area contributed by atoms with E-state index in [0.717, 1.165) is 31.2 Å². The van der Waals surface area contributed by atoms with Crippen molar-refractivity contribution in [1.82, 2.24) is 0 Å². The lowest BCUT2D eigenvalue weighted by atomic mass is 9.84. The Hall–Kier alpha value is -2.13. The van der Waals surface area contributed by atoms with E-state index in [1.54, 1.807) is 12.1 Å². The number of rotatable bonds is 4. The van der Waals surface area contributed by atoms with Crippen LogP contribution >= 0.6 is 0 Å². The fourth-order valence-corrected chi connectivity index (χ4v) is 3.90. The van der Waals surface area contributed by atoms with Crippen LogP contribution in [0.3, 0.4) is 0 Å². The molecule has 1 aliphatic carbocycles. The number of hydrogen-bond acceptors (Lipinski definition) is 3. The van der Waals surface area contributed by atoms with E-state index in [1.807, 2.05) is 0 Å². The third kappa shape index (κ3) is 3.93. The van der Waals surface area contributed by atoms with Gasteiger partial charge in [0.25, 0.3) is 0 Å². The molecule has 4 nitrogen and oxygen atoms in total. The summed E-state index contributed by atoms with van der Waals surface area (Å²) in [4.78, 5) is -2.10. The van der Waals surface area contributed by atoms with Gasteiger partial charge >= 0.3 is 10.1 Å². The number of halogens is 4. The van der Waals surface area contributed by atoms with Gasteiger partial charge < -0.3 is 4.74 Å². The average molecular weight is 404 g/mol. The number of benzene rings is 2. The minimum Gasteiger partial charge on any atom is -0.451 e. The van der Waals surface area contributed by atoms with Gasteiger partial charge in [-0.3, -0.25) is 4.55 Å². The highest BCUT2D eigenvalue weighted by Gasteiger charge is 2.33. The summed E-state index contributed by atoms with van der Waals surface area (Å²) in [6.07, 6.45) is 5.51. The minimum absolute atomic E-state index is 0.0780. The molecular formula is C18H16F4O4S. The van der Waals surface area contributed by atoms with E-state index in [2.05, 4.69) is 0 Å². The van der Waals surface area contributed by atoms with E-state index in [9.17, 15) is 26.0 Å². The van der Waals surface area contributed by atoms with Crippen LogP contribution in [0.5, 0.6) is 11.5 Å². The molecule has 0 aliphatic heterocycles. The molecule has 27 heavy (non-hydrogen) atoms. The molecule has 0 atom stereocenters. The monoisotopic (exact) mass is 404 g/mol. The maximum atomic E-state index is 14.0. The van der Waals surface area contributed by atoms with Gasteiger partial charge in [-0.25, -0.2) is 8.78 Å². The second-order valence-corrected chi connectivity index (χ2v) is 7.75. The standard InChI is InChI=1S/C18H16F4O4S/c19-13-15(21)18(27(23,24)25)16(22)14(20)17(13)26-12-8-6-11(7-9-12)10-4-2-1-3-5-10/h6-10H,1-5H2,(H,23,24,25). The van der Waals surface area contributed by atoms with Crippen molar-refractivity contribution in [3.63, 3.8) is 0 Å². The zero-order valence-electron chi connectivity index (χ0n) is 14.0. The van der Waals surface area contributed by atoms with Crippen LogP contribution in [0, 0.1) is 23.3 Å². The van der Waals surface area contributed by atoms with Crippen molar-refractivity contribution in [3.05, 3.63) is 53.1 Å². The second-order valence-electron chi connectivity index (χ2n) is 6.40. The van der Waals surface area contributed by atoms with Crippen molar-refractivity contribution < 1.29 is 35.3 Å². The lowest BCUT2D eigenvalue weighted by Gasteiger charge is -2.22. The highest BCUT2D eigenvalue weighted by atomic mass is 32.2. The molecule has 1 saturated carbocycles. The molecule has 0 amide bonds. The maximum Gasteiger partial charge on any atom is 0.300 e. The molecular weight excluding hydrogens is 388 g/mol. The first-order chi connectivity index (χ1) is 12.7. The van der Waals surface area contributed by atoms with E-state index in [0.29, 0.717) is 5.92 Å². The molecule has 1 aliphatic rings. The molecule has 0 saturated heterocycles. The molecule has 0 bridgehead atoms. The van der Waals surface area contributed by atoms with Crippen LogP contribution in [0.4, 0.5) is 17.6 Å². The molecule has 1 fully saturated rings. The molecule has 2 aromatic rings. The van der Waals surface area contributed by atoms with Gasteiger partial charge in [-0.1, -0.05) is 31.4 Å². The molecule has 0 unspecified atom stereocenters. The molecule has 3 rings (SSSR count). The predicted molar refractivity (Wildman–Crippen MR) is 88.4 cm³/mol. The van der Waals surface area contributed by atoms with Gasteiger partial charge in [0.05, 0.1) is 0 Å². The van der Waals surface area contributed by atoms with Crippen LogP contribution in [0.15, 0.2) is 29.2 Å². The van der Waals surface area contributed by atoms with Crippen molar-refractivity contribution >= 4 is 10.1 Å². The maximum absolute atomic E-state index is 14.0. The van der Waals surface area contributed by atoms with Crippen LogP contribution in [0.25, 0.3) is 0 Å². The van der Waals surface area contributed by atoms with Crippen LogP contribution in [0.1, 0.15) is 43.6 Å². The van der Waals surface area contributed by atoms with Gasteiger partial charge in [-0.2, -0.15) is 17.2 Å². The number of ether oxygens (including phenoxy) is 1. The van der Waals surface area contributed by atoms with E-state index >= 15 is 0 Å². The normalized spacial score (nSPS) is 15.7. The van der Waals surface area contributed by atoms with Gasteiger partial charge in [0, 0.05) is 0 Å². The molecule has 9 heteroatoms. The summed E-state index contributed by atoms with van der Waals surface area (Å²) in [5, 5.41) is 0. The summed E-state index contributed by atoms with van der Waals surface area (Å²) < 4.78 is 91.2. The molecule has 0 heterocycles. The third-order valence-electron chi connectivity index (χ3n) is 4.62. The molecule has 1 N–H and O–H groups in total. The van der Waals surface area contributed by atoms with Crippen LogP contribution < -0.4 is 4.74 Å². The minimum atomic E-state index is -5.50. The summed E-state index contributed by atoms with van der Waals surface area (Å²) >= 11 is 0. The Balaban J connectivity index is 1.92. The lowest BCUT2D eigenvalue weighted by Crippen LogP contribution is -2.11. The fraction of sp³-hybridized carbons (Fsp3) is 0.333. The molecule has 146 valence electrons. The van der Waals surface area contributed by atoms with Gasteiger partial charge in [-0.05, 0) is 36.5 Å². The topological polar surface area (TPSA) is 63.6 Å². The Labute approximate surface area is 153 Å². The number of hydrogen-bond donors (Lipinski definition) is 1. The second kappa shape index (κ2) is 7.47. The van der Waals surface area contributed by atoms with Gasteiger partial charge in [0.15, 0.2) is 16.5 Å². The Morgan fingerprint density at radius 3 is 1.85 bits per heavy atom. The van der Waals surface area contributed by atoms with Crippen LogP contribution in [0.2, 0.25) is 0 Å². The first kappa shape index (κ1) is 19.6. The lowest BCUT2D eigenvalue weighted by molar-refractivity contribution is 0.346. The zero-order valence-corrected chi connectivity index (χ0v) is 14.8. The molecule has 0 radical (unpaired) electrons. The molecule has 0 spiro atoms. The first-order valence-corrected chi connectivity index (χ1v) is 9.75. The highest BCUT2D eigenvalue weighted by molar-refractivity contribution is 7.85. The summed E-state index contributed by atoms with van der Waals surface area (Å²) in [5.41, 5.74) is 1.03. The van der Waals surface area contributed by atoms with Gasteiger partial charge in [0.1, 0.15) is 5.75 Å². The Morgan fingerprint density at radius 1 is 0.852 bits per heavy atom. The van der Waals surface area contributed by atoms with Crippen molar-refractivity contribution in [3.8, 4) is 11.5 Å². The van der Waals surface area contributed by atoms with Gasteiger partial charge in [0.2, 0.25) is 17.4 Å². The van der Waals surface area contributed by atoms with Crippen molar-refractivity contribution in [2.45, 2.75) is 42.9 Å². The summed E-state index contributed by atoms with van der Waals surface area (Å²) in [5.74, 6) is -9.76. The van der Waals surface area contributed by atoms with E-state index in [-0.39, 0.29) is 5.75 Å². The zero-order chi connectivity index (χ0) is 19.8. The van der Waals surface area contributed by atoms with E-state index < -0.39 is 44.0 Å². The molecule has 0 aromatic heterocycles. The van der Waals surface area contributed by atoms with E-state index in [4.69, 9.17) is 9.29 Å². The summed E-state index contributed by atoms with van der Waals surface area (Å²) in [6.45, 7) is 0. The quantitative estimate of drug-likeness (QED) is 0.425. The largest absolute Gasteiger partial charge is 0.451 e. The fourth-order valence-electron chi connectivity index (χ4n) is 3.27. The molecule has 2 aromatic carbocycles. The van der Waals surface area contributed by atoms with Crippen molar-refractivity contribution in [2.75, 3.05) is 0 Å². The summed E-state index contributed by atoms with van der Waals surface area (Å²) in [6, 6.07) is 6.24. The van der Waals surface area contributed by atoms with Gasteiger partial charge in [-0.15, -0.1) is 0 Å². The highest BCUT2D eigenvalue weighted by Crippen LogP contribution is 2.37. The predicted octanol–water partition coefficient (Wildman–Crippen LogP) is 5.33. The Bertz CT molecular complexity index is 923. The Morgan fingerprint density at radius 2 is 1.37 bits per heavy atom. The Kier molecular flexibility index (Phi) is 5.43. The van der Waals surface area contributed by atoms with Crippen molar-refractivity contribution in [1.29, 1.82) is 0 Å². The first-order valence-electron chi connectivity index (χ1n) is 8.31. The SMILES string of the molecule is O=S(=O)(O)c1c(F)c(F)c(Oc2ccc(C3CCCCC3)cc2)c(F)c1F. The summed E-state index contributed by atoms with van der Waals surface area (Å²) in [7, 11) is -5.50. The smallest absolute Gasteiger partial charge is 0.300 e. The van der Waals surface area contributed by atoms with Crippen LogP contribution in [-0.4, -0.2) is 13.0 Å². The van der Waals surface area contributed by atoms with Crippen LogP contribution in [-0.2, 0) is 10.1 Å².